The minimum absolute atomic E-state index is 0.570. The molecule has 162 valence electrons. The molecule has 2 saturated heterocycles. The molecule has 0 radical (unpaired) electrons. The molecule has 0 bridgehead atoms. The van der Waals surface area contributed by atoms with Crippen molar-refractivity contribution in [1.82, 2.24) is 15.1 Å². The molecule has 2 aliphatic heterocycles. The number of hydrogen-bond donors (Lipinski definition) is 2. The van der Waals surface area contributed by atoms with Gasteiger partial charge in [-0.15, -0.1) is 0 Å². The molecular weight excluding hydrogens is 364 g/mol. The van der Waals surface area contributed by atoms with E-state index in [1.807, 2.05) is 0 Å². The molecule has 2 heterocycles. The number of rotatable bonds is 8. The van der Waals surface area contributed by atoms with Crippen molar-refractivity contribution in [2.45, 2.75) is 20.3 Å². The third-order valence-electron chi connectivity index (χ3n) is 6.04. The Hall–Kier alpha value is -1.83. The molecule has 0 amide bonds. The van der Waals surface area contributed by atoms with Gasteiger partial charge in [-0.25, -0.2) is 0 Å². The van der Waals surface area contributed by atoms with Gasteiger partial charge in [0.15, 0.2) is 5.96 Å². The number of morpholine rings is 1. The maximum absolute atomic E-state index is 6.02. The molecule has 0 unspecified atom stereocenters. The van der Waals surface area contributed by atoms with Crippen molar-refractivity contribution in [3.8, 4) is 0 Å². The summed E-state index contributed by atoms with van der Waals surface area (Å²) in [6, 6.07) is 6.60. The zero-order valence-electron chi connectivity index (χ0n) is 18.2. The van der Waals surface area contributed by atoms with Gasteiger partial charge in [0.1, 0.15) is 0 Å². The van der Waals surface area contributed by atoms with E-state index >= 15 is 0 Å². The number of aryl methyl sites for hydroxylation is 1. The van der Waals surface area contributed by atoms with E-state index in [0.29, 0.717) is 5.96 Å². The Balaban J connectivity index is 1.28. The number of guanidine groups is 1. The summed E-state index contributed by atoms with van der Waals surface area (Å²) in [5.41, 5.74) is 10.2. The fraction of sp³-hybridized carbons (Fsp3) is 0.682. The van der Waals surface area contributed by atoms with Crippen LogP contribution >= 0.6 is 0 Å². The average molecular weight is 403 g/mol. The van der Waals surface area contributed by atoms with Crippen molar-refractivity contribution in [3.63, 3.8) is 0 Å². The number of aliphatic imine (C=N–C) groups is 1. The maximum Gasteiger partial charge on any atom is 0.188 e. The Morgan fingerprint density at radius 1 is 1.03 bits per heavy atom. The van der Waals surface area contributed by atoms with Crippen molar-refractivity contribution in [3.05, 3.63) is 29.3 Å². The van der Waals surface area contributed by atoms with Gasteiger partial charge in [-0.05, 0) is 37.5 Å². The summed E-state index contributed by atoms with van der Waals surface area (Å²) in [6.07, 6.45) is 1.04. The van der Waals surface area contributed by atoms with Gasteiger partial charge < -0.3 is 20.7 Å². The highest BCUT2D eigenvalue weighted by Gasteiger charge is 2.18. The molecule has 7 heteroatoms. The number of nitrogens with two attached hydrogens (primary N) is 1. The third-order valence-corrected chi connectivity index (χ3v) is 6.04. The van der Waals surface area contributed by atoms with Crippen molar-refractivity contribution in [2.75, 3.05) is 83.6 Å². The van der Waals surface area contributed by atoms with Gasteiger partial charge in [-0.1, -0.05) is 12.1 Å². The first-order chi connectivity index (χ1) is 14.1. The van der Waals surface area contributed by atoms with Gasteiger partial charge in [0.05, 0.1) is 13.2 Å². The van der Waals surface area contributed by atoms with Crippen LogP contribution in [0.15, 0.2) is 23.2 Å². The molecule has 1 aromatic carbocycles. The van der Waals surface area contributed by atoms with Gasteiger partial charge >= 0.3 is 0 Å². The fourth-order valence-corrected chi connectivity index (χ4v) is 4.01. The second-order valence-corrected chi connectivity index (χ2v) is 8.05. The van der Waals surface area contributed by atoms with E-state index in [4.69, 9.17) is 10.5 Å². The summed E-state index contributed by atoms with van der Waals surface area (Å²) >= 11 is 0. The van der Waals surface area contributed by atoms with Crippen LogP contribution in [-0.4, -0.2) is 94.4 Å². The lowest BCUT2D eigenvalue weighted by Gasteiger charge is -2.37. The van der Waals surface area contributed by atoms with E-state index in [2.05, 4.69) is 57.1 Å². The minimum atomic E-state index is 0.570. The highest BCUT2D eigenvalue weighted by Crippen LogP contribution is 2.23. The van der Waals surface area contributed by atoms with Gasteiger partial charge in [0, 0.05) is 71.1 Å². The van der Waals surface area contributed by atoms with Gasteiger partial charge in [-0.2, -0.15) is 0 Å². The van der Waals surface area contributed by atoms with Crippen LogP contribution in [0.1, 0.15) is 17.5 Å². The monoisotopic (exact) mass is 402 g/mol. The summed E-state index contributed by atoms with van der Waals surface area (Å²) in [5.74, 6) is 0.570. The molecule has 2 fully saturated rings. The Morgan fingerprint density at radius 3 is 2.52 bits per heavy atom. The zero-order valence-corrected chi connectivity index (χ0v) is 18.2. The van der Waals surface area contributed by atoms with Crippen LogP contribution in [0.3, 0.4) is 0 Å². The SMILES string of the molecule is Cc1cccc(N2CCN(CCNC(N)=NCCCN3CCOCC3)CC2)c1C. The molecule has 0 spiro atoms. The lowest BCUT2D eigenvalue weighted by Crippen LogP contribution is -2.49. The highest BCUT2D eigenvalue weighted by atomic mass is 16.5. The lowest BCUT2D eigenvalue weighted by molar-refractivity contribution is 0.0377. The average Bonchev–Trinajstić information content (AvgIpc) is 2.75. The molecule has 0 aromatic heterocycles. The van der Waals surface area contributed by atoms with Gasteiger partial charge in [-0.3, -0.25) is 14.8 Å². The summed E-state index contributed by atoms with van der Waals surface area (Å²) in [6.45, 7) is 16.2. The predicted octanol–water partition coefficient (Wildman–Crippen LogP) is 1.05. The minimum Gasteiger partial charge on any atom is -0.379 e. The number of nitrogens with zero attached hydrogens (tertiary/aromatic N) is 4. The van der Waals surface area contributed by atoms with Crippen LogP contribution in [0.2, 0.25) is 0 Å². The standard InChI is InChI=1S/C22H38N6O/c1-19-5-3-6-21(20(19)2)28-13-11-27(12-14-28)10-8-25-22(23)24-7-4-9-26-15-17-29-18-16-26/h3,5-6H,4,7-18H2,1-2H3,(H3,23,24,25). The van der Waals surface area contributed by atoms with Crippen LogP contribution in [0.5, 0.6) is 0 Å². The summed E-state index contributed by atoms with van der Waals surface area (Å²) in [5, 5.41) is 3.27. The second-order valence-electron chi connectivity index (χ2n) is 8.05. The quantitative estimate of drug-likeness (QED) is 0.385. The summed E-state index contributed by atoms with van der Waals surface area (Å²) in [7, 11) is 0. The van der Waals surface area contributed by atoms with E-state index in [1.165, 1.54) is 16.8 Å². The molecule has 0 atom stereocenters. The molecule has 3 N–H and O–H groups in total. The largest absolute Gasteiger partial charge is 0.379 e. The maximum atomic E-state index is 6.02. The van der Waals surface area contributed by atoms with Crippen molar-refractivity contribution >= 4 is 11.6 Å². The molecule has 0 aliphatic carbocycles. The van der Waals surface area contributed by atoms with Crippen molar-refractivity contribution < 1.29 is 4.74 Å². The first kappa shape index (κ1) is 21.9. The fourth-order valence-electron chi connectivity index (χ4n) is 4.01. The number of piperazine rings is 1. The van der Waals surface area contributed by atoms with Crippen LogP contribution in [0.25, 0.3) is 0 Å². The summed E-state index contributed by atoms with van der Waals surface area (Å²) in [4.78, 5) is 11.9. The van der Waals surface area contributed by atoms with Gasteiger partial charge in [0.2, 0.25) is 0 Å². The molecule has 3 rings (SSSR count). The third kappa shape index (κ3) is 6.87. The molecule has 1 aromatic rings. The lowest BCUT2D eigenvalue weighted by atomic mass is 10.1. The van der Waals surface area contributed by atoms with E-state index < -0.39 is 0 Å². The summed E-state index contributed by atoms with van der Waals surface area (Å²) < 4.78 is 5.37. The molecule has 29 heavy (non-hydrogen) atoms. The molecule has 0 saturated carbocycles. The number of anilines is 1. The Morgan fingerprint density at radius 2 is 1.76 bits per heavy atom. The molecule has 7 nitrogen and oxygen atoms in total. The Kier molecular flexibility index (Phi) is 8.58. The van der Waals surface area contributed by atoms with Crippen molar-refractivity contribution in [2.24, 2.45) is 10.7 Å². The number of nitrogens with one attached hydrogen (secondary N) is 1. The van der Waals surface area contributed by atoms with Crippen LogP contribution < -0.4 is 16.0 Å². The highest BCUT2D eigenvalue weighted by molar-refractivity contribution is 5.77. The van der Waals surface area contributed by atoms with E-state index in [1.54, 1.807) is 0 Å². The van der Waals surface area contributed by atoms with Crippen molar-refractivity contribution in [1.29, 1.82) is 0 Å². The zero-order chi connectivity index (χ0) is 20.5. The smallest absolute Gasteiger partial charge is 0.188 e. The first-order valence-corrected chi connectivity index (χ1v) is 11.0. The van der Waals surface area contributed by atoms with Gasteiger partial charge in [0.25, 0.3) is 0 Å². The Bertz CT molecular complexity index is 651. The number of hydrogen-bond acceptors (Lipinski definition) is 5. The van der Waals surface area contributed by atoms with E-state index in [9.17, 15) is 0 Å². The predicted molar refractivity (Wildman–Crippen MR) is 121 cm³/mol. The normalized spacial score (nSPS) is 19.5. The van der Waals surface area contributed by atoms with Crippen LogP contribution in [0, 0.1) is 13.8 Å². The van der Waals surface area contributed by atoms with Crippen LogP contribution in [0.4, 0.5) is 5.69 Å². The van der Waals surface area contributed by atoms with E-state index in [0.717, 1.165) is 85.1 Å². The first-order valence-electron chi connectivity index (χ1n) is 11.0. The number of benzene rings is 1. The second kappa shape index (κ2) is 11.4. The number of ether oxygens (including phenoxy) is 1. The topological polar surface area (TPSA) is 69.4 Å². The Labute approximate surface area is 175 Å². The molecular formula is C22H38N6O. The van der Waals surface area contributed by atoms with E-state index in [-0.39, 0.29) is 0 Å². The van der Waals surface area contributed by atoms with Crippen LogP contribution in [-0.2, 0) is 4.74 Å². The molecule has 2 aliphatic rings.